The number of nitrogens with one attached hydrogen (secondary N) is 1. The number of hydrogen-bond acceptors (Lipinski definition) is 5. The van der Waals surface area contributed by atoms with E-state index in [2.05, 4.69) is 5.32 Å². The molecule has 6 heteroatoms. The minimum absolute atomic E-state index is 0.326. The summed E-state index contributed by atoms with van der Waals surface area (Å²) in [7, 11) is 1.42. The van der Waals surface area contributed by atoms with E-state index in [0.717, 1.165) is 16.7 Å². The minimum atomic E-state index is -0.979. The van der Waals surface area contributed by atoms with Gasteiger partial charge < -0.3 is 19.5 Å². The van der Waals surface area contributed by atoms with Gasteiger partial charge in [0.1, 0.15) is 23.2 Å². The molecule has 1 aliphatic heterocycles. The predicted molar refractivity (Wildman–Crippen MR) is 147 cm³/mol. The first-order valence-corrected chi connectivity index (χ1v) is 13.1. The summed E-state index contributed by atoms with van der Waals surface area (Å²) in [5.41, 5.74) is 1.47. The first-order chi connectivity index (χ1) is 18.2. The minimum Gasteiger partial charge on any atom is -0.468 e. The van der Waals surface area contributed by atoms with Gasteiger partial charge in [-0.3, -0.25) is 4.79 Å². The Morgan fingerprint density at radius 1 is 0.816 bits per heavy atom. The van der Waals surface area contributed by atoms with Crippen LogP contribution < -0.4 is 5.32 Å². The molecule has 1 amide bonds. The van der Waals surface area contributed by atoms with E-state index >= 15 is 0 Å². The number of methoxy groups -OCH3 is 1. The number of carbonyl (C=O) groups excluding carboxylic acids is 2. The van der Waals surface area contributed by atoms with Crippen LogP contribution in [0.25, 0.3) is 0 Å². The second-order valence-corrected chi connectivity index (χ2v) is 10.9. The standard InChI is InChI=1S/C32H37NO5/c1-31(2,3)38-30(35)33-26(20-23-14-8-5-9-15-23)27-28(37-27)32(29(34)36-4,21-24-16-10-6-11-17-24)22-25-18-12-7-13-19-25/h5-19,26-28H,20-22H2,1-4H3,(H,33,35)/t26-,27+,28+/m0/s1. The van der Waals surface area contributed by atoms with Gasteiger partial charge in [-0.05, 0) is 56.7 Å². The number of amides is 1. The average molecular weight is 516 g/mol. The Hall–Kier alpha value is -3.64. The summed E-state index contributed by atoms with van der Waals surface area (Å²) in [4.78, 5) is 26.5. The highest BCUT2D eigenvalue weighted by Gasteiger charge is 2.62. The number of alkyl carbamates (subject to hydrolysis) is 1. The fourth-order valence-electron chi connectivity index (χ4n) is 5.10. The van der Waals surface area contributed by atoms with E-state index in [-0.39, 0.29) is 5.97 Å². The summed E-state index contributed by atoms with van der Waals surface area (Å²) < 4.78 is 17.3. The summed E-state index contributed by atoms with van der Waals surface area (Å²) >= 11 is 0. The van der Waals surface area contributed by atoms with E-state index in [1.165, 1.54) is 7.11 Å². The molecule has 3 aromatic rings. The Morgan fingerprint density at radius 2 is 1.29 bits per heavy atom. The maximum Gasteiger partial charge on any atom is 0.407 e. The Morgan fingerprint density at radius 3 is 1.74 bits per heavy atom. The van der Waals surface area contributed by atoms with E-state index in [9.17, 15) is 9.59 Å². The van der Waals surface area contributed by atoms with Crippen LogP contribution in [0.15, 0.2) is 91.0 Å². The Labute approximate surface area is 225 Å². The second kappa shape index (κ2) is 11.8. The van der Waals surface area contributed by atoms with Gasteiger partial charge in [-0.2, -0.15) is 0 Å². The highest BCUT2D eigenvalue weighted by molar-refractivity contribution is 5.79. The molecule has 200 valence electrons. The van der Waals surface area contributed by atoms with Gasteiger partial charge in [0, 0.05) is 0 Å². The SMILES string of the molecule is COC(=O)C(Cc1ccccc1)(Cc1ccccc1)[C@@H]1O[C@@H]1[C@H](Cc1ccccc1)NC(=O)OC(C)(C)C. The fourth-order valence-corrected chi connectivity index (χ4v) is 5.10. The molecule has 3 atom stereocenters. The lowest BCUT2D eigenvalue weighted by atomic mass is 9.72. The molecule has 3 aromatic carbocycles. The largest absolute Gasteiger partial charge is 0.468 e. The number of benzene rings is 3. The van der Waals surface area contributed by atoms with Crippen molar-refractivity contribution in [3.8, 4) is 0 Å². The van der Waals surface area contributed by atoms with Crippen molar-refractivity contribution in [1.29, 1.82) is 0 Å². The zero-order chi connectivity index (χ0) is 27.2. The van der Waals surface area contributed by atoms with Crippen LogP contribution in [0.4, 0.5) is 4.79 Å². The van der Waals surface area contributed by atoms with Crippen molar-refractivity contribution in [1.82, 2.24) is 5.32 Å². The number of carbonyl (C=O) groups is 2. The molecule has 1 fully saturated rings. The maximum atomic E-state index is 13.6. The zero-order valence-electron chi connectivity index (χ0n) is 22.6. The molecule has 4 rings (SSSR count). The van der Waals surface area contributed by atoms with Crippen LogP contribution >= 0.6 is 0 Å². The normalized spacial score (nSPS) is 17.8. The highest BCUT2D eigenvalue weighted by Crippen LogP contribution is 2.46. The van der Waals surface area contributed by atoms with Crippen LogP contribution in [0.3, 0.4) is 0 Å². The third-order valence-corrected chi connectivity index (χ3v) is 6.78. The number of hydrogen-bond donors (Lipinski definition) is 1. The molecule has 0 radical (unpaired) electrons. The van der Waals surface area contributed by atoms with Crippen molar-refractivity contribution in [3.05, 3.63) is 108 Å². The fraction of sp³-hybridized carbons (Fsp3) is 0.375. The van der Waals surface area contributed by atoms with Crippen molar-refractivity contribution in [3.63, 3.8) is 0 Å². The lowest BCUT2D eigenvalue weighted by molar-refractivity contribution is -0.154. The monoisotopic (exact) mass is 515 g/mol. The molecule has 6 nitrogen and oxygen atoms in total. The number of esters is 1. The van der Waals surface area contributed by atoms with E-state index in [4.69, 9.17) is 14.2 Å². The summed E-state index contributed by atoms with van der Waals surface area (Å²) in [5, 5.41) is 3.03. The summed E-state index contributed by atoms with van der Waals surface area (Å²) in [6.45, 7) is 5.49. The molecule has 0 aliphatic carbocycles. The number of ether oxygens (including phenoxy) is 3. The van der Waals surface area contributed by atoms with Gasteiger partial charge in [0.2, 0.25) is 0 Å². The molecule has 0 spiro atoms. The van der Waals surface area contributed by atoms with Crippen LogP contribution in [-0.4, -0.2) is 43.0 Å². The lowest BCUT2D eigenvalue weighted by Crippen LogP contribution is -2.48. The van der Waals surface area contributed by atoms with E-state index in [1.807, 2.05) is 112 Å². The van der Waals surface area contributed by atoms with Crippen LogP contribution in [0.2, 0.25) is 0 Å². The Bertz CT molecular complexity index is 1150. The van der Waals surface area contributed by atoms with Gasteiger partial charge >= 0.3 is 12.1 Å². The van der Waals surface area contributed by atoms with Gasteiger partial charge in [0.25, 0.3) is 0 Å². The first-order valence-electron chi connectivity index (χ1n) is 13.1. The van der Waals surface area contributed by atoms with E-state index in [1.54, 1.807) is 0 Å². The lowest BCUT2D eigenvalue weighted by Gasteiger charge is -2.31. The summed E-state index contributed by atoms with van der Waals surface area (Å²) in [5.74, 6) is -0.326. The summed E-state index contributed by atoms with van der Waals surface area (Å²) in [6, 6.07) is 29.4. The zero-order valence-corrected chi connectivity index (χ0v) is 22.6. The van der Waals surface area contributed by atoms with Crippen molar-refractivity contribution >= 4 is 12.1 Å². The van der Waals surface area contributed by atoms with Gasteiger partial charge in [-0.15, -0.1) is 0 Å². The van der Waals surface area contributed by atoms with Crippen LogP contribution in [0, 0.1) is 5.41 Å². The molecule has 1 N–H and O–H groups in total. The predicted octanol–water partition coefficient (Wildman–Crippen LogP) is 5.53. The Kier molecular flexibility index (Phi) is 8.52. The van der Waals surface area contributed by atoms with Gasteiger partial charge in [0.05, 0.1) is 13.2 Å². The molecule has 0 bridgehead atoms. The van der Waals surface area contributed by atoms with Crippen LogP contribution in [0.5, 0.6) is 0 Å². The molecule has 0 unspecified atom stereocenters. The van der Waals surface area contributed by atoms with E-state index in [0.29, 0.717) is 19.3 Å². The van der Waals surface area contributed by atoms with Crippen LogP contribution in [0.1, 0.15) is 37.5 Å². The molecular weight excluding hydrogens is 478 g/mol. The van der Waals surface area contributed by atoms with Crippen molar-refractivity contribution < 1.29 is 23.8 Å². The van der Waals surface area contributed by atoms with Gasteiger partial charge in [-0.1, -0.05) is 91.0 Å². The van der Waals surface area contributed by atoms with Crippen molar-refractivity contribution in [2.45, 2.75) is 63.9 Å². The molecule has 0 aromatic heterocycles. The number of epoxide rings is 1. The number of rotatable bonds is 10. The molecule has 1 heterocycles. The highest BCUT2D eigenvalue weighted by atomic mass is 16.6. The van der Waals surface area contributed by atoms with Gasteiger partial charge in [-0.25, -0.2) is 4.79 Å². The molecular formula is C32H37NO5. The molecule has 1 saturated heterocycles. The third-order valence-electron chi connectivity index (χ3n) is 6.78. The molecule has 0 saturated carbocycles. The van der Waals surface area contributed by atoms with Gasteiger partial charge in [0.15, 0.2) is 0 Å². The third kappa shape index (κ3) is 7.01. The first kappa shape index (κ1) is 27.4. The topological polar surface area (TPSA) is 77.2 Å². The summed E-state index contributed by atoms with van der Waals surface area (Å²) in [6.07, 6.45) is 0.0628. The molecule has 1 aliphatic rings. The maximum absolute atomic E-state index is 13.6. The Balaban J connectivity index is 1.68. The van der Waals surface area contributed by atoms with Crippen molar-refractivity contribution in [2.75, 3.05) is 7.11 Å². The quantitative estimate of drug-likeness (QED) is 0.284. The molecule has 38 heavy (non-hydrogen) atoms. The van der Waals surface area contributed by atoms with Crippen LogP contribution in [-0.2, 0) is 38.3 Å². The average Bonchev–Trinajstić information content (AvgIpc) is 3.70. The second-order valence-electron chi connectivity index (χ2n) is 10.9. The smallest absolute Gasteiger partial charge is 0.407 e. The van der Waals surface area contributed by atoms with Crippen molar-refractivity contribution in [2.24, 2.45) is 5.41 Å². The van der Waals surface area contributed by atoms with E-state index < -0.39 is 35.4 Å².